The molecule has 1 aromatic carbocycles. The minimum absolute atomic E-state index is 0.127. The molecule has 3 rings (SSSR count). The van der Waals surface area contributed by atoms with Crippen molar-refractivity contribution in [3.8, 4) is 5.69 Å². The summed E-state index contributed by atoms with van der Waals surface area (Å²) in [4.78, 5) is 28.0. The van der Waals surface area contributed by atoms with Crippen molar-refractivity contribution in [3.63, 3.8) is 0 Å². The summed E-state index contributed by atoms with van der Waals surface area (Å²) in [6.45, 7) is 0.694. The van der Waals surface area contributed by atoms with Crippen molar-refractivity contribution in [3.05, 3.63) is 76.8 Å². The maximum atomic E-state index is 12.2. The van der Waals surface area contributed by atoms with Crippen molar-refractivity contribution in [2.45, 2.75) is 13.0 Å². The Morgan fingerprint density at radius 2 is 1.78 bits per heavy atom. The summed E-state index contributed by atoms with van der Waals surface area (Å²) in [7, 11) is 0. The van der Waals surface area contributed by atoms with Gasteiger partial charge in [-0.05, 0) is 42.0 Å². The predicted octanol–water partition coefficient (Wildman–Crippen LogP) is 2.47. The fourth-order valence-electron chi connectivity index (χ4n) is 2.36. The Kier molecular flexibility index (Phi) is 6.32. The SMILES string of the molecule is O=C(CCNC(=O)c1cnn(-c2ccc(Br)cc2)c1)NCc1ccncc1. The number of hydrogen-bond donors (Lipinski definition) is 2. The van der Waals surface area contributed by atoms with E-state index in [1.54, 1.807) is 23.3 Å². The van der Waals surface area contributed by atoms with E-state index < -0.39 is 0 Å². The Morgan fingerprint density at radius 1 is 1.04 bits per heavy atom. The Morgan fingerprint density at radius 3 is 2.52 bits per heavy atom. The van der Waals surface area contributed by atoms with E-state index in [0.717, 1.165) is 15.7 Å². The van der Waals surface area contributed by atoms with Gasteiger partial charge in [0.2, 0.25) is 5.91 Å². The van der Waals surface area contributed by atoms with E-state index in [9.17, 15) is 9.59 Å². The van der Waals surface area contributed by atoms with Gasteiger partial charge in [-0.2, -0.15) is 5.10 Å². The number of carbonyl (C=O) groups is 2. The number of benzene rings is 1. The van der Waals surface area contributed by atoms with Crippen molar-refractivity contribution in [2.75, 3.05) is 6.54 Å². The average molecular weight is 428 g/mol. The van der Waals surface area contributed by atoms with Crippen molar-refractivity contribution in [1.82, 2.24) is 25.4 Å². The molecule has 0 aliphatic carbocycles. The Balaban J connectivity index is 1.44. The first-order valence-electron chi connectivity index (χ1n) is 8.36. The van der Waals surface area contributed by atoms with Crippen LogP contribution in [-0.4, -0.2) is 33.1 Å². The van der Waals surface area contributed by atoms with Crippen molar-refractivity contribution >= 4 is 27.7 Å². The monoisotopic (exact) mass is 427 g/mol. The lowest BCUT2D eigenvalue weighted by molar-refractivity contribution is -0.121. The largest absolute Gasteiger partial charge is 0.352 e. The summed E-state index contributed by atoms with van der Waals surface area (Å²) in [6, 6.07) is 11.3. The first-order valence-corrected chi connectivity index (χ1v) is 9.15. The maximum absolute atomic E-state index is 12.2. The van der Waals surface area contributed by atoms with Crippen LogP contribution in [0.1, 0.15) is 22.3 Å². The second kappa shape index (κ2) is 9.09. The summed E-state index contributed by atoms with van der Waals surface area (Å²) in [5.41, 5.74) is 2.27. The highest BCUT2D eigenvalue weighted by atomic mass is 79.9. The number of nitrogens with one attached hydrogen (secondary N) is 2. The molecule has 0 radical (unpaired) electrons. The zero-order valence-corrected chi connectivity index (χ0v) is 16.0. The van der Waals surface area contributed by atoms with Gasteiger partial charge in [0.1, 0.15) is 0 Å². The van der Waals surface area contributed by atoms with E-state index in [1.165, 1.54) is 6.20 Å². The number of halogens is 1. The zero-order valence-electron chi connectivity index (χ0n) is 14.4. The van der Waals surface area contributed by atoms with Crippen LogP contribution < -0.4 is 10.6 Å². The van der Waals surface area contributed by atoms with Crippen molar-refractivity contribution < 1.29 is 9.59 Å². The summed E-state index contributed by atoms with van der Waals surface area (Å²) in [6.07, 6.45) is 6.72. The number of aromatic nitrogens is 3. The molecule has 0 saturated carbocycles. The highest BCUT2D eigenvalue weighted by Crippen LogP contribution is 2.14. The number of amides is 2. The molecule has 7 nitrogen and oxygen atoms in total. The summed E-state index contributed by atoms with van der Waals surface area (Å²) < 4.78 is 2.60. The van der Waals surface area contributed by atoms with Gasteiger partial charge in [0.05, 0.1) is 17.4 Å². The Hall–Kier alpha value is -3.00. The molecule has 27 heavy (non-hydrogen) atoms. The topological polar surface area (TPSA) is 88.9 Å². The van der Waals surface area contributed by atoms with Crippen LogP contribution in [0.15, 0.2) is 65.7 Å². The summed E-state index contributed by atoms with van der Waals surface area (Å²) in [5.74, 6) is -0.391. The molecule has 0 aliphatic heterocycles. The highest BCUT2D eigenvalue weighted by Gasteiger charge is 2.10. The van der Waals surface area contributed by atoms with Crippen LogP contribution >= 0.6 is 15.9 Å². The van der Waals surface area contributed by atoms with Crippen LogP contribution in [0.2, 0.25) is 0 Å². The first-order chi connectivity index (χ1) is 13.1. The lowest BCUT2D eigenvalue weighted by Gasteiger charge is -2.06. The van der Waals surface area contributed by atoms with Gasteiger partial charge in [-0.15, -0.1) is 0 Å². The smallest absolute Gasteiger partial charge is 0.254 e. The molecule has 2 aromatic heterocycles. The fourth-order valence-corrected chi connectivity index (χ4v) is 2.62. The zero-order chi connectivity index (χ0) is 19.1. The van der Waals surface area contributed by atoms with Crippen LogP contribution in [0, 0.1) is 0 Å². The third-order valence-electron chi connectivity index (χ3n) is 3.81. The van der Waals surface area contributed by atoms with Gasteiger partial charge in [-0.25, -0.2) is 4.68 Å². The van der Waals surface area contributed by atoms with E-state index in [-0.39, 0.29) is 24.8 Å². The molecular formula is C19H18BrN5O2. The third-order valence-corrected chi connectivity index (χ3v) is 4.34. The maximum Gasteiger partial charge on any atom is 0.254 e. The van der Waals surface area contributed by atoms with Crippen molar-refractivity contribution in [1.29, 1.82) is 0 Å². The van der Waals surface area contributed by atoms with E-state index >= 15 is 0 Å². The number of pyridine rings is 1. The standard InChI is InChI=1S/C19H18BrN5O2/c20-16-1-3-17(4-2-16)25-13-15(12-24-25)19(27)22-10-7-18(26)23-11-14-5-8-21-9-6-14/h1-6,8-9,12-13H,7,10-11H2,(H,22,27)(H,23,26). The second-order valence-corrected chi connectivity index (χ2v) is 6.70. The molecule has 0 spiro atoms. The predicted molar refractivity (Wildman–Crippen MR) is 104 cm³/mol. The molecule has 0 saturated heterocycles. The molecule has 3 aromatic rings. The summed E-state index contributed by atoms with van der Waals surface area (Å²) in [5, 5.41) is 9.74. The van der Waals surface area contributed by atoms with Crippen LogP contribution in [0.3, 0.4) is 0 Å². The number of carbonyl (C=O) groups excluding carboxylic acids is 2. The highest BCUT2D eigenvalue weighted by molar-refractivity contribution is 9.10. The molecule has 2 N–H and O–H groups in total. The lowest BCUT2D eigenvalue weighted by atomic mass is 10.2. The minimum Gasteiger partial charge on any atom is -0.352 e. The van der Waals surface area contributed by atoms with E-state index in [1.807, 2.05) is 36.4 Å². The van der Waals surface area contributed by atoms with Gasteiger partial charge in [0.25, 0.3) is 5.91 Å². The molecule has 2 heterocycles. The average Bonchev–Trinajstić information content (AvgIpc) is 3.18. The van der Waals surface area contributed by atoms with Gasteiger partial charge in [-0.1, -0.05) is 15.9 Å². The number of nitrogens with zero attached hydrogens (tertiary/aromatic N) is 3. The van der Waals surface area contributed by atoms with Gasteiger partial charge in [-0.3, -0.25) is 14.6 Å². The molecule has 2 amide bonds. The van der Waals surface area contributed by atoms with Gasteiger partial charge in [0, 0.05) is 42.6 Å². The molecule has 0 atom stereocenters. The quantitative estimate of drug-likeness (QED) is 0.605. The lowest BCUT2D eigenvalue weighted by Crippen LogP contribution is -2.30. The molecule has 8 heteroatoms. The van der Waals surface area contributed by atoms with Crippen LogP contribution in [0.25, 0.3) is 5.69 Å². The summed E-state index contributed by atoms with van der Waals surface area (Å²) >= 11 is 3.38. The van der Waals surface area contributed by atoms with Crippen LogP contribution in [0.4, 0.5) is 0 Å². The van der Waals surface area contributed by atoms with E-state index in [4.69, 9.17) is 0 Å². The molecule has 0 aliphatic rings. The van der Waals surface area contributed by atoms with Gasteiger partial charge < -0.3 is 10.6 Å². The second-order valence-electron chi connectivity index (χ2n) is 5.79. The Labute approximate surface area is 164 Å². The molecule has 0 unspecified atom stereocenters. The molecular weight excluding hydrogens is 410 g/mol. The fraction of sp³-hybridized carbons (Fsp3) is 0.158. The van der Waals surface area contributed by atoms with Crippen LogP contribution in [-0.2, 0) is 11.3 Å². The minimum atomic E-state index is -0.264. The Bertz CT molecular complexity index is 909. The van der Waals surface area contributed by atoms with E-state index in [0.29, 0.717) is 12.1 Å². The van der Waals surface area contributed by atoms with Crippen LogP contribution in [0.5, 0.6) is 0 Å². The number of rotatable bonds is 7. The van der Waals surface area contributed by atoms with Gasteiger partial charge >= 0.3 is 0 Å². The van der Waals surface area contributed by atoms with Gasteiger partial charge in [0.15, 0.2) is 0 Å². The van der Waals surface area contributed by atoms with E-state index in [2.05, 4.69) is 36.6 Å². The number of hydrogen-bond acceptors (Lipinski definition) is 4. The molecule has 0 bridgehead atoms. The molecule has 138 valence electrons. The normalized spacial score (nSPS) is 10.4. The molecule has 0 fully saturated rings. The first kappa shape index (κ1) is 18.8. The third kappa shape index (κ3) is 5.49. The van der Waals surface area contributed by atoms with Crippen molar-refractivity contribution in [2.24, 2.45) is 0 Å².